The molecule has 0 heterocycles. The average Bonchev–Trinajstić information content (AvgIpc) is 3.23. The maximum atomic E-state index is 12.8. The van der Waals surface area contributed by atoms with Gasteiger partial charge >= 0.3 is 17.9 Å². The molecule has 6 nitrogen and oxygen atoms in total. The minimum Gasteiger partial charge on any atom is -0.462 e. The predicted molar refractivity (Wildman–Crippen MR) is 257 cm³/mol. The summed E-state index contributed by atoms with van der Waals surface area (Å²) in [5.74, 6) is -0.0509. The molecule has 0 aliphatic heterocycles. The molecular weight excluding hydrogens is 745 g/mol. The molecule has 0 aliphatic carbocycles. The summed E-state index contributed by atoms with van der Waals surface area (Å²) in [4.78, 5) is 37.9. The molecule has 0 radical (unpaired) electrons. The van der Waals surface area contributed by atoms with Gasteiger partial charge in [-0.25, -0.2) is 0 Å². The lowest BCUT2D eigenvalue weighted by atomic mass is 10.0. The second kappa shape index (κ2) is 48.4. The van der Waals surface area contributed by atoms with Crippen LogP contribution in [0.25, 0.3) is 0 Å². The Morgan fingerprint density at radius 1 is 0.317 bits per heavy atom. The highest BCUT2D eigenvalue weighted by Gasteiger charge is 2.19. The molecule has 0 amide bonds. The Bertz CT molecular complexity index is 903. The third kappa shape index (κ3) is 47.5. The fourth-order valence-electron chi connectivity index (χ4n) is 8.22. The van der Waals surface area contributed by atoms with Gasteiger partial charge in [0.1, 0.15) is 13.2 Å². The highest BCUT2D eigenvalue weighted by atomic mass is 16.6. The van der Waals surface area contributed by atoms with Crippen LogP contribution in [-0.2, 0) is 28.6 Å². The molecule has 0 saturated carbocycles. The number of carbonyl (C=O) groups excluding carboxylic acids is 3. The molecule has 1 atom stereocenters. The van der Waals surface area contributed by atoms with Crippen molar-refractivity contribution < 1.29 is 28.6 Å². The molecule has 0 aromatic carbocycles. The zero-order valence-corrected chi connectivity index (χ0v) is 40.9. The molecule has 6 heteroatoms. The molecule has 0 aliphatic rings. The highest BCUT2D eigenvalue weighted by Crippen LogP contribution is 2.17. The van der Waals surface area contributed by atoms with E-state index in [1.54, 1.807) is 0 Å². The Morgan fingerprint density at radius 3 is 0.817 bits per heavy atom. The van der Waals surface area contributed by atoms with Crippen LogP contribution in [0.2, 0.25) is 0 Å². The number of hydrogen-bond donors (Lipinski definition) is 0. The van der Waals surface area contributed by atoms with Crippen LogP contribution in [0.4, 0.5) is 0 Å². The highest BCUT2D eigenvalue weighted by molar-refractivity contribution is 5.71. The second-order valence-corrected chi connectivity index (χ2v) is 19.0. The standard InChI is InChI=1S/C54H104O6/c1-5-7-9-11-13-15-17-19-20-21-22-23-25-27-29-34-38-42-46-53(56)59-49-51(60-54(57)47-43-39-35-31-30-32-36-40-44-50(3)4)48-58-52(55)45-41-37-33-28-26-24-18-16-14-12-10-8-6-2/h50-51H,5-49H2,1-4H3/t51-/m1/s1. The van der Waals surface area contributed by atoms with Crippen LogP contribution in [0.5, 0.6) is 0 Å². The lowest BCUT2D eigenvalue weighted by Gasteiger charge is -2.18. The molecule has 0 unspecified atom stereocenters. The van der Waals surface area contributed by atoms with Gasteiger partial charge < -0.3 is 14.2 Å². The van der Waals surface area contributed by atoms with Crippen molar-refractivity contribution in [1.29, 1.82) is 0 Å². The van der Waals surface area contributed by atoms with Crippen LogP contribution in [0, 0.1) is 5.92 Å². The fraction of sp³-hybridized carbons (Fsp3) is 0.944. The van der Waals surface area contributed by atoms with E-state index in [2.05, 4.69) is 27.7 Å². The van der Waals surface area contributed by atoms with E-state index >= 15 is 0 Å². The van der Waals surface area contributed by atoms with Crippen LogP contribution >= 0.6 is 0 Å². The van der Waals surface area contributed by atoms with Gasteiger partial charge in [0.15, 0.2) is 6.10 Å². The SMILES string of the molecule is CCCCCCCCCCCCCCCCCCCCC(=O)OC[C@@H](COC(=O)CCCCCCCCCCCCCCC)OC(=O)CCCCCCCCCCC(C)C. The van der Waals surface area contributed by atoms with E-state index in [0.717, 1.165) is 63.7 Å². The smallest absolute Gasteiger partial charge is 0.306 e. The van der Waals surface area contributed by atoms with Crippen molar-refractivity contribution in [3.63, 3.8) is 0 Å². The first-order chi connectivity index (χ1) is 29.4. The fourth-order valence-corrected chi connectivity index (χ4v) is 8.22. The molecule has 0 bridgehead atoms. The minimum absolute atomic E-state index is 0.0630. The summed E-state index contributed by atoms with van der Waals surface area (Å²) < 4.78 is 16.8. The topological polar surface area (TPSA) is 78.9 Å². The summed E-state index contributed by atoms with van der Waals surface area (Å²) in [7, 11) is 0. The van der Waals surface area contributed by atoms with Crippen molar-refractivity contribution in [3.05, 3.63) is 0 Å². The summed E-state index contributed by atoms with van der Waals surface area (Å²) in [6, 6.07) is 0. The van der Waals surface area contributed by atoms with Crippen LogP contribution in [0.3, 0.4) is 0 Å². The van der Waals surface area contributed by atoms with E-state index in [0.29, 0.717) is 19.3 Å². The van der Waals surface area contributed by atoms with Gasteiger partial charge in [0.2, 0.25) is 0 Å². The van der Waals surface area contributed by atoms with Crippen LogP contribution in [-0.4, -0.2) is 37.2 Å². The van der Waals surface area contributed by atoms with Gasteiger partial charge in [-0.2, -0.15) is 0 Å². The maximum Gasteiger partial charge on any atom is 0.306 e. The third-order valence-electron chi connectivity index (χ3n) is 12.3. The summed E-state index contributed by atoms with van der Waals surface area (Å²) in [6.07, 6.45) is 50.9. The Balaban J connectivity index is 4.25. The lowest BCUT2D eigenvalue weighted by molar-refractivity contribution is -0.167. The first kappa shape index (κ1) is 58.4. The monoisotopic (exact) mass is 849 g/mol. The van der Waals surface area contributed by atoms with Crippen molar-refractivity contribution in [2.75, 3.05) is 13.2 Å². The second-order valence-electron chi connectivity index (χ2n) is 19.0. The number of esters is 3. The molecular formula is C54H104O6. The Labute approximate surface area is 374 Å². The largest absolute Gasteiger partial charge is 0.462 e. The van der Waals surface area contributed by atoms with E-state index in [1.807, 2.05) is 0 Å². The summed E-state index contributed by atoms with van der Waals surface area (Å²) in [5, 5.41) is 0. The molecule has 0 aromatic heterocycles. The van der Waals surface area contributed by atoms with Gasteiger partial charge in [-0.15, -0.1) is 0 Å². The van der Waals surface area contributed by atoms with E-state index in [1.165, 1.54) is 199 Å². The van der Waals surface area contributed by atoms with E-state index < -0.39 is 6.10 Å². The summed E-state index contributed by atoms with van der Waals surface area (Å²) >= 11 is 0. The third-order valence-corrected chi connectivity index (χ3v) is 12.3. The number of carbonyl (C=O) groups is 3. The quantitative estimate of drug-likeness (QED) is 0.0345. The van der Waals surface area contributed by atoms with Gasteiger partial charge in [-0.05, 0) is 25.2 Å². The van der Waals surface area contributed by atoms with Gasteiger partial charge in [0, 0.05) is 19.3 Å². The average molecular weight is 849 g/mol. The Morgan fingerprint density at radius 2 is 0.550 bits per heavy atom. The van der Waals surface area contributed by atoms with Crippen molar-refractivity contribution in [2.45, 2.75) is 310 Å². The number of unbranched alkanes of at least 4 members (excludes halogenated alkanes) is 36. The van der Waals surface area contributed by atoms with Crippen molar-refractivity contribution >= 4 is 17.9 Å². The zero-order chi connectivity index (χ0) is 43.8. The molecule has 0 spiro atoms. The predicted octanol–water partition coefficient (Wildman–Crippen LogP) is 17.5. The molecule has 0 fully saturated rings. The number of hydrogen-bond acceptors (Lipinski definition) is 6. The van der Waals surface area contributed by atoms with Gasteiger partial charge in [-0.3, -0.25) is 14.4 Å². The Kier molecular flexibility index (Phi) is 47.2. The van der Waals surface area contributed by atoms with E-state index in [4.69, 9.17) is 14.2 Å². The maximum absolute atomic E-state index is 12.8. The number of rotatable bonds is 49. The lowest BCUT2D eigenvalue weighted by Crippen LogP contribution is -2.30. The zero-order valence-electron chi connectivity index (χ0n) is 40.9. The van der Waals surface area contributed by atoms with Gasteiger partial charge in [0.05, 0.1) is 0 Å². The van der Waals surface area contributed by atoms with Crippen LogP contribution in [0.1, 0.15) is 304 Å². The van der Waals surface area contributed by atoms with Crippen LogP contribution in [0.15, 0.2) is 0 Å². The van der Waals surface area contributed by atoms with Crippen LogP contribution < -0.4 is 0 Å². The first-order valence-corrected chi connectivity index (χ1v) is 26.9. The number of ether oxygens (including phenoxy) is 3. The first-order valence-electron chi connectivity index (χ1n) is 26.9. The molecule has 0 rings (SSSR count). The molecule has 0 aromatic rings. The van der Waals surface area contributed by atoms with Crippen molar-refractivity contribution in [3.8, 4) is 0 Å². The Hall–Kier alpha value is -1.59. The van der Waals surface area contributed by atoms with Gasteiger partial charge in [-0.1, -0.05) is 265 Å². The van der Waals surface area contributed by atoms with Crippen molar-refractivity contribution in [2.24, 2.45) is 5.92 Å². The molecule has 0 N–H and O–H groups in total. The van der Waals surface area contributed by atoms with E-state index in [-0.39, 0.29) is 31.1 Å². The molecule has 0 saturated heterocycles. The van der Waals surface area contributed by atoms with Crippen molar-refractivity contribution in [1.82, 2.24) is 0 Å². The summed E-state index contributed by atoms with van der Waals surface area (Å²) in [6.45, 7) is 9.00. The van der Waals surface area contributed by atoms with E-state index in [9.17, 15) is 14.4 Å². The normalized spacial score (nSPS) is 11.9. The minimum atomic E-state index is -0.761. The molecule has 356 valence electrons. The molecule has 60 heavy (non-hydrogen) atoms. The van der Waals surface area contributed by atoms with Gasteiger partial charge in [0.25, 0.3) is 0 Å². The summed E-state index contributed by atoms with van der Waals surface area (Å²) in [5.41, 5.74) is 0.